The Labute approximate surface area is 127 Å². The van der Waals surface area contributed by atoms with E-state index in [2.05, 4.69) is 10.2 Å². The lowest BCUT2D eigenvalue weighted by Crippen LogP contribution is -2.40. The number of halogens is 1. The molecule has 0 spiro atoms. The zero-order valence-electron chi connectivity index (χ0n) is 12.4. The zero-order valence-corrected chi connectivity index (χ0v) is 13.2. The molecule has 1 aliphatic rings. The van der Waals surface area contributed by atoms with E-state index in [4.69, 9.17) is 5.73 Å². The van der Waals surface area contributed by atoms with Gasteiger partial charge in [0.25, 0.3) is 0 Å². The summed E-state index contributed by atoms with van der Waals surface area (Å²) in [5, 5.41) is 2.80. The van der Waals surface area contributed by atoms with Gasteiger partial charge in [-0.25, -0.2) is 0 Å². The van der Waals surface area contributed by atoms with E-state index >= 15 is 0 Å². The fourth-order valence-electron chi connectivity index (χ4n) is 2.24. The monoisotopic (exact) mass is 306 g/mol. The number of nitrogens with two attached hydrogens (primary N) is 1. The number of likely N-dealkylation sites (N-methyl/N-ethyl adjacent to an activating group) is 1. The van der Waals surface area contributed by atoms with Gasteiger partial charge >= 0.3 is 0 Å². The molecular formula is C13H27ClN4O2. The number of amides is 2. The fourth-order valence-corrected chi connectivity index (χ4v) is 2.24. The van der Waals surface area contributed by atoms with Crippen LogP contribution in [0.25, 0.3) is 0 Å². The number of carbonyl (C=O) groups excluding carboxylic acids is 2. The first kappa shape index (κ1) is 19.1. The number of hydrogen-bond donors (Lipinski definition) is 2. The van der Waals surface area contributed by atoms with Gasteiger partial charge in [0.05, 0.1) is 6.54 Å². The minimum absolute atomic E-state index is 0. The molecule has 1 atom stereocenters. The van der Waals surface area contributed by atoms with Crippen molar-refractivity contribution in [3.05, 3.63) is 0 Å². The molecule has 1 saturated heterocycles. The maximum Gasteiger partial charge on any atom is 0.234 e. The number of rotatable bonds is 5. The van der Waals surface area contributed by atoms with Crippen LogP contribution in [0, 0.1) is 0 Å². The second-order valence-corrected chi connectivity index (χ2v) is 5.15. The first-order valence-corrected chi connectivity index (χ1v) is 7.05. The highest BCUT2D eigenvalue weighted by atomic mass is 35.5. The number of hydrogen-bond acceptors (Lipinski definition) is 4. The molecule has 1 fully saturated rings. The Morgan fingerprint density at radius 1 is 1.25 bits per heavy atom. The van der Waals surface area contributed by atoms with Gasteiger partial charge in [0.15, 0.2) is 0 Å². The van der Waals surface area contributed by atoms with Gasteiger partial charge in [-0.05, 0) is 20.3 Å². The Hall–Kier alpha value is -0.850. The van der Waals surface area contributed by atoms with Crippen molar-refractivity contribution in [1.82, 2.24) is 15.1 Å². The van der Waals surface area contributed by atoms with Crippen molar-refractivity contribution < 1.29 is 9.59 Å². The van der Waals surface area contributed by atoms with Gasteiger partial charge in [0.1, 0.15) is 0 Å². The molecule has 0 aromatic rings. The highest BCUT2D eigenvalue weighted by molar-refractivity contribution is 5.85. The molecule has 2 amide bonds. The fraction of sp³-hybridized carbons (Fsp3) is 0.846. The van der Waals surface area contributed by atoms with Crippen LogP contribution in [-0.4, -0.2) is 66.9 Å². The number of nitrogens with one attached hydrogen (secondary N) is 1. The van der Waals surface area contributed by atoms with E-state index in [-0.39, 0.29) is 30.3 Å². The predicted molar refractivity (Wildman–Crippen MR) is 81.8 cm³/mol. The highest BCUT2D eigenvalue weighted by Gasteiger charge is 2.20. The second kappa shape index (κ2) is 9.96. The van der Waals surface area contributed by atoms with Crippen LogP contribution >= 0.6 is 12.4 Å². The highest BCUT2D eigenvalue weighted by Crippen LogP contribution is 2.05. The Morgan fingerprint density at radius 3 is 2.55 bits per heavy atom. The minimum Gasteiger partial charge on any atom is -0.355 e. The van der Waals surface area contributed by atoms with Crippen LogP contribution in [0.1, 0.15) is 26.7 Å². The SMILES string of the molecule is CCNC(=O)CN1CCCN(C(=O)CC(C)N)CC1.Cl. The maximum absolute atomic E-state index is 11.9. The Bertz CT molecular complexity index is 313. The average molecular weight is 307 g/mol. The normalized spacial score (nSPS) is 17.9. The molecule has 20 heavy (non-hydrogen) atoms. The molecule has 1 heterocycles. The van der Waals surface area contributed by atoms with Gasteiger partial charge in [-0.15, -0.1) is 12.4 Å². The van der Waals surface area contributed by atoms with Crippen molar-refractivity contribution >= 4 is 24.2 Å². The van der Waals surface area contributed by atoms with Gasteiger partial charge in [0, 0.05) is 45.2 Å². The summed E-state index contributed by atoms with van der Waals surface area (Å²) in [4.78, 5) is 27.4. The topological polar surface area (TPSA) is 78.7 Å². The number of nitrogens with zero attached hydrogens (tertiary/aromatic N) is 2. The third-order valence-corrected chi connectivity index (χ3v) is 3.18. The molecule has 0 saturated carbocycles. The molecule has 6 nitrogen and oxygen atoms in total. The van der Waals surface area contributed by atoms with Crippen molar-refractivity contribution in [1.29, 1.82) is 0 Å². The van der Waals surface area contributed by atoms with Gasteiger partial charge in [-0.2, -0.15) is 0 Å². The molecule has 3 N–H and O–H groups in total. The number of carbonyl (C=O) groups is 2. The molecule has 1 unspecified atom stereocenters. The van der Waals surface area contributed by atoms with Gasteiger partial charge in [0.2, 0.25) is 11.8 Å². The van der Waals surface area contributed by atoms with Gasteiger partial charge in [-0.3, -0.25) is 14.5 Å². The standard InChI is InChI=1S/C13H26N4O2.ClH/c1-3-15-12(18)10-16-5-4-6-17(8-7-16)13(19)9-11(2)14;/h11H,3-10,14H2,1-2H3,(H,15,18);1H. The maximum atomic E-state index is 11.9. The largest absolute Gasteiger partial charge is 0.355 e. The minimum atomic E-state index is -0.0952. The summed E-state index contributed by atoms with van der Waals surface area (Å²) in [5.74, 6) is 0.174. The van der Waals surface area contributed by atoms with Crippen LogP contribution in [0.2, 0.25) is 0 Å². The molecular weight excluding hydrogens is 280 g/mol. The van der Waals surface area contributed by atoms with Crippen LogP contribution in [0.5, 0.6) is 0 Å². The van der Waals surface area contributed by atoms with Crippen molar-refractivity contribution in [3.63, 3.8) is 0 Å². The van der Waals surface area contributed by atoms with E-state index in [1.165, 1.54) is 0 Å². The summed E-state index contributed by atoms with van der Waals surface area (Å²) in [6.45, 7) is 7.89. The Morgan fingerprint density at radius 2 is 1.95 bits per heavy atom. The summed E-state index contributed by atoms with van der Waals surface area (Å²) in [7, 11) is 0. The van der Waals surface area contributed by atoms with E-state index in [1.807, 2.05) is 18.7 Å². The Kier molecular flexibility index (Phi) is 9.54. The average Bonchev–Trinajstić information content (AvgIpc) is 2.54. The van der Waals surface area contributed by atoms with E-state index in [0.29, 0.717) is 26.1 Å². The molecule has 0 bridgehead atoms. The molecule has 7 heteroatoms. The molecule has 0 aliphatic carbocycles. The molecule has 0 aromatic heterocycles. The molecule has 0 aromatic carbocycles. The van der Waals surface area contributed by atoms with E-state index in [0.717, 1.165) is 26.1 Å². The lowest BCUT2D eigenvalue weighted by atomic mass is 10.2. The van der Waals surface area contributed by atoms with Crippen molar-refractivity contribution in [2.45, 2.75) is 32.7 Å². The van der Waals surface area contributed by atoms with Crippen LogP contribution in [-0.2, 0) is 9.59 Å². The first-order chi connectivity index (χ1) is 9.02. The molecule has 0 radical (unpaired) electrons. The lowest BCUT2D eigenvalue weighted by molar-refractivity contribution is -0.131. The smallest absolute Gasteiger partial charge is 0.234 e. The van der Waals surface area contributed by atoms with Crippen molar-refractivity contribution in [2.24, 2.45) is 5.73 Å². The summed E-state index contributed by atoms with van der Waals surface area (Å²) < 4.78 is 0. The summed E-state index contributed by atoms with van der Waals surface area (Å²) in [6.07, 6.45) is 1.31. The van der Waals surface area contributed by atoms with Crippen molar-refractivity contribution in [3.8, 4) is 0 Å². The van der Waals surface area contributed by atoms with E-state index < -0.39 is 0 Å². The third-order valence-electron chi connectivity index (χ3n) is 3.18. The second-order valence-electron chi connectivity index (χ2n) is 5.15. The van der Waals surface area contributed by atoms with Crippen LogP contribution in [0.3, 0.4) is 0 Å². The van der Waals surface area contributed by atoms with E-state index in [9.17, 15) is 9.59 Å². The summed E-state index contributed by atoms with van der Waals surface area (Å²) in [5.41, 5.74) is 5.65. The lowest BCUT2D eigenvalue weighted by Gasteiger charge is -2.22. The van der Waals surface area contributed by atoms with Crippen LogP contribution in [0.15, 0.2) is 0 Å². The van der Waals surface area contributed by atoms with Crippen molar-refractivity contribution in [2.75, 3.05) is 39.3 Å². The summed E-state index contributed by atoms with van der Waals surface area (Å²) in [6, 6.07) is -0.0952. The first-order valence-electron chi connectivity index (χ1n) is 7.05. The molecule has 118 valence electrons. The quantitative estimate of drug-likeness (QED) is 0.738. The predicted octanol–water partition coefficient (Wildman–Crippen LogP) is -0.184. The Balaban J connectivity index is 0.00000361. The van der Waals surface area contributed by atoms with Crippen LogP contribution in [0.4, 0.5) is 0 Å². The molecule has 1 aliphatic heterocycles. The van der Waals surface area contributed by atoms with E-state index in [1.54, 1.807) is 0 Å². The molecule has 1 rings (SSSR count). The third kappa shape index (κ3) is 7.07. The van der Waals surface area contributed by atoms with Gasteiger partial charge < -0.3 is 16.0 Å². The van der Waals surface area contributed by atoms with Crippen LogP contribution < -0.4 is 11.1 Å². The van der Waals surface area contributed by atoms with Gasteiger partial charge in [-0.1, -0.05) is 0 Å². The summed E-state index contributed by atoms with van der Waals surface area (Å²) >= 11 is 0. The zero-order chi connectivity index (χ0) is 14.3.